The molecule has 0 spiro atoms. The molecule has 1 aromatic carbocycles. The van der Waals surface area contributed by atoms with E-state index in [1.54, 1.807) is 29.1 Å². The Balaban J connectivity index is 0.00000208. The zero-order chi connectivity index (χ0) is 16.4. The van der Waals surface area contributed by atoms with Crippen LogP contribution in [-0.2, 0) is 0 Å². The standard InChI is InChI=1S/C17H21FN4O.ClH/c1-12(19)16-4-2-3-10-21(16)17(23)15-9-11-22(20-15)14-7-5-13(18)6-8-14;/h5-9,11-12,16H,2-4,10,19H2,1H3;1H. The molecule has 2 unspecified atom stereocenters. The average Bonchev–Trinajstić information content (AvgIpc) is 3.04. The van der Waals surface area contributed by atoms with E-state index in [9.17, 15) is 9.18 Å². The number of halogens is 2. The van der Waals surface area contributed by atoms with Crippen molar-refractivity contribution in [2.45, 2.75) is 38.3 Å². The van der Waals surface area contributed by atoms with Gasteiger partial charge in [0, 0.05) is 24.8 Å². The highest BCUT2D eigenvalue weighted by molar-refractivity contribution is 5.92. The molecule has 1 aliphatic heterocycles. The number of amides is 1. The van der Waals surface area contributed by atoms with Crippen LogP contribution in [-0.4, -0.2) is 39.2 Å². The molecule has 3 rings (SSSR count). The molecular weight excluding hydrogens is 331 g/mol. The number of piperidine rings is 1. The van der Waals surface area contributed by atoms with Crippen LogP contribution in [0.15, 0.2) is 36.5 Å². The summed E-state index contributed by atoms with van der Waals surface area (Å²) in [4.78, 5) is 14.6. The van der Waals surface area contributed by atoms with Crippen LogP contribution in [0.4, 0.5) is 4.39 Å². The van der Waals surface area contributed by atoms with E-state index < -0.39 is 0 Å². The predicted molar refractivity (Wildman–Crippen MR) is 93.1 cm³/mol. The van der Waals surface area contributed by atoms with E-state index in [0.717, 1.165) is 19.3 Å². The van der Waals surface area contributed by atoms with E-state index in [1.165, 1.54) is 12.1 Å². The lowest BCUT2D eigenvalue weighted by Gasteiger charge is -2.37. The van der Waals surface area contributed by atoms with Crippen molar-refractivity contribution >= 4 is 18.3 Å². The highest BCUT2D eigenvalue weighted by atomic mass is 35.5. The van der Waals surface area contributed by atoms with Gasteiger partial charge in [-0.15, -0.1) is 12.4 Å². The fourth-order valence-corrected chi connectivity index (χ4v) is 3.08. The van der Waals surface area contributed by atoms with Gasteiger partial charge >= 0.3 is 0 Å². The quantitative estimate of drug-likeness (QED) is 0.923. The normalized spacial score (nSPS) is 18.8. The molecule has 0 radical (unpaired) electrons. The van der Waals surface area contributed by atoms with Gasteiger partial charge in [0.15, 0.2) is 5.69 Å². The Labute approximate surface area is 147 Å². The third-order valence-electron chi connectivity index (χ3n) is 4.32. The molecule has 0 aliphatic carbocycles. The Morgan fingerprint density at radius 2 is 2.00 bits per heavy atom. The summed E-state index contributed by atoms with van der Waals surface area (Å²) < 4.78 is 14.6. The third kappa shape index (κ3) is 3.76. The minimum absolute atomic E-state index is 0. The third-order valence-corrected chi connectivity index (χ3v) is 4.32. The largest absolute Gasteiger partial charge is 0.333 e. The van der Waals surface area contributed by atoms with Crippen LogP contribution in [0.25, 0.3) is 5.69 Å². The molecule has 2 N–H and O–H groups in total. The van der Waals surface area contributed by atoms with E-state index >= 15 is 0 Å². The summed E-state index contributed by atoms with van der Waals surface area (Å²) in [5.41, 5.74) is 7.14. The second-order valence-corrected chi connectivity index (χ2v) is 6.04. The molecule has 1 aliphatic rings. The molecule has 1 saturated heterocycles. The molecule has 1 amide bonds. The number of likely N-dealkylation sites (tertiary alicyclic amines) is 1. The van der Waals surface area contributed by atoms with Gasteiger partial charge in [0.1, 0.15) is 5.82 Å². The van der Waals surface area contributed by atoms with E-state index in [4.69, 9.17) is 5.73 Å². The molecule has 2 aromatic rings. The Hall–Kier alpha value is -1.92. The van der Waals surface area contributed by atoms with Gasteiger partial charge in [-0.1, -0.05) is 0 Å². The summed E-state index contributed by atoms with van der Waals surface area (Å²) in [6.07, 6.45) is 4.74. The van der Waals surface area contributed by atoms with Crippen LogP contribution in [0.3, 0.4) is 0 Å². The maximum atomic E-state index is 13.0. The maximum absolute atomic E-state index is 13.0. The Morgan fingerprint density at radius 3 is 2.67 bits per heavy atom. The lowest BCUT2D eigenvalue weighted by molar-refractivity contribution is 0.0577. The van der Waals surface area contributed by atoms with Gasteiger partial charge in [0.25, 0.3) is 5.91 Å². The monoisotopic (exact) mass is 352 g/mol. The van der Waals surface area contributed by atoms with Crippen molar-refractivity contribution in [2.75, 3.05) is 6.54 Å². The summed E-state index contributed by atoms with van der Waals surface area (Å²) in [6.45, 7) is 2.65. The Kier molecular flexibility index (Phi) is 5.96. The average molecular weight is 353 g/mol. The van der Waals surface area contributed by atoms with Gasteiger partial charge in [-0.2, -0.15) is 5.10 Å². The second-order valence-electron chi connectivity index (χ2n) is 6.04. The highest BCUT2D eigenvalue weighted by Gasteiger charge is 2.30. The summed E-state index contributed by atoms with van der Waals surface area (Å²) >= 11 is 0. The highest BCUT2D eigenvalue weighted by Crippen LogP contribution is 2.21. The first kappa shape index (κ1) is 18.4. The number of rotatable bonds is 3. The van der Waals surface area contributed by atoms with Gasteiger partial charge in [-0.3, -0.25) is 4.79 Å². The van der Waals surface area contributed by atoms with Crippen molar-refractivity contribution in [3.05, 3.63) is 48.0 Å². The first-order valence-electron chi connectivity index (χ1n) is 7.94. The maximum Gasteiger partial charge on any atom is 0.274 e. The van der Waals surface area contributed by atoms with E-state index in [0.29, 0.717) is 17.9 Å². The molecule has 130 valence electrons. The fourth-order valence-electron chi connectivity index (χ4n) is 3.08. The minimum atomic E-state index is -0.301. The molecule has 1 fully saturated rings. The predicted octanol–water partition coefficient (Wildman–Crippen LogP) is 2.78. The smallest absolute Gasteiger partial charge is 0.274 e. The molecule has 0 saturated carbocycles. The van der Waals surface area contributed by atoms with Gasteiger partial charge in [0.05, 0.1) is 5.69 Å². The van der Waals surface area contributed by atoms with Gasteiger partial charge < -0.3 is 10.6 Å². The summed E-state index contributed by atoms with van der Waals surface area (Å²) in [5.74, 6) is -0.391. The number of hydrogen-bond donors (Lipinski definition) is 1. The van der Waals surface area contributed by atoms with E-state index in [1.807, 2.05) is 11.8 Å². The lowest BCUT2D eigenvalue weighted by Crippen LogP contribution is -2.51. The number of aromatic nitrogens is 2. The zero-order valence-electron chi connectivity index (χ0n) is 13.6. The zero-order valence-corrected chi connectivity index (χ0v) is 14.4. The molecule has 5 nitrogen and oxygen atoms in total. The van der Waals surface area contributed by atoms with Crippen LogP contribution >= 0.6 is 12.4 Å². The van der Waals surface area contributed by atoms with Crippen molar-refractivity contribution in [2.24, 2.45) is 5.73 Å². The number of nitrogens with zero attached hydrogens (tertiary/aromatic N) is 3. The fraction of sp³-hybridized carbons (Fsp3) is 0.412. The summed E-state index contributed by atoms with van der Waals surface area (Å²) in [5, 5.41) is 4.34. The molecule has 2 heterocycles. The van der Waals surface area contributed by atoms with Gasteiger partial charge in [0.2, 0.25) is 0 Å². The number of benzene rings is 1. The van der Waals surface area contributed by atoms with Gasteiger partial charge in [-0.05, 0) is 56.5 Å². The lowest BCUT2D eigenvalue weighted by atomic mass is 9.96. The van der Waals surface area contributed by atoms with Crippen molar-refractivity contribution in [1.29, 1.82) is 0 Å². The van der Waals surface area contributed by atoms with Crippen LogP contribution < -0.4 is 5.73 Å². The molecular formula is C17H22ClFN4O. The molecule has 24 heavy (non-hydrogen) atoms. The van der Waals surface area contributed by atoms with Gasteiger partial charge in [-0.25, -0.2) is 9.07 Å². The second kappa shape index (κ2) is 7.77. The SMILES string of the molecule is CC(N)C1CCCCN1C(=O)c1ccn(-c2ccc(F)cc2)n1.Cl. The van der Waals surface area contributed by atoms with E-state index in [-0.39, 0.29) is 36.2 Å². The summed E-state index contributed by atoms with van der Waals surface area (Å²) in [7, 11) is 0. The Bertz CT molecular complexity index is 686. The number of carbonyl (C=O) groups excluding carboxylic acids is 1. The van der Waals surface area contributed by atoms with Crippen molar-refractivity contribution in [3.8, 4) is 5.69 Å². The number of carbonyl (C=O) groups is 1. The van der Waals surface area contributed by atoms with E-state index in [2.05, 4.69) is 5.10 Å². The van der Waals surface area contributed by atoms with Crippen molar-refractivity contribution < 1.29 is 9.18 Å². The first-order valence-corrected chi connectivity index (χ1v) is 7.94. The first-order chi connectivity index (χ1) is 11.1. The van der Waals surface area contributed by atoms with Crippen molar-refractivity contribution in [1.82, 2.24) is 14.7 Å². The number of nitrogens with two attached hydrogens (primary N) is 1. The molecule has 7 heteroatoms. The van der Waals surface area contributed by atoms with Crippen LogP contribution in [0.5, 0.6) is 0 Å². The molecule has 1 aromatic heterocycles. The van der Waals surface area contributed by atoms with Crippen LogP contribution in [0, 0.1) is 5.82 Å². The summed E-state index contributed by atoms with van der Waals surface area (Å²) in [6, 6.07) is 7.69. The molecule has 0 bridgehead atoms. The van der Waals surface area contributed by atoms with Crippen molar-refractivity contribution in [3.63, 3.8) is 0 Å². The molecule has 2 atom stereocenters. The topological polar surface area (TPSA) is 64.2 Å². The number of hydrogen-bond acceptors (Lipinski definition) is 3. The van der Waals surface area contributed by atoms with Crippen LogP contribution in [0.2, 0.25) is 0 Å². The minimum Gasteiger partial charge on any atom is -0.333 e. The Morgan fingerprint density at radius 1 is 1.29 bits per heavy atom. The van der Waals surface area contributed by atoms with Crippen LogP contribution in [0.1, 0.15) is 36.7 Å².